The molecule has 7 rings (SSSR count). The fourth-order valence-corrected chi connectivity index (χ4v) is 8.55. The third-order valence-electron chi connectivity index (χ3n) is 9.19. The predicted octanol–water partition coefficient (Wildman–Crippen LogP) is 4.52. The monoisotopic (exact) mass is 746 g/mol. The van der Waals surface area contributed by atoms with Crippen LogP contribution in [0.4, 0.5) is 5.13 Å². The summed E-state index contributed by atoms with van der Waals surface area (Å²) in [7, 11) is 0. The van der Waals surface area contributed by atoms with Crippen molar-refractivity contribution in [1.82, 2.24) is 20.1 Å². The summed E-state index contributed by atoms with van der Waals surface area (Å²) in [6.07, 6.45) is 3.66. The summed E-state index contributed by atoms with van der Waals surface area (Å²) >= 11 is 2.40. The first-order valence-corrected chi connectivity index (χ1v) is 18.6. The number of carbonyl (C=O) groups excluding carboxylic acids is 3. The standard InChI is InChI=1S/C39H34N6O6S2/c1-2-19-44-20-18-24(34(44)47)21-25-22-52-36-31(35(48)45(36)32(25)37(49)50)42-33(46)30(29-23-53-38(40)41-29)43-51-39(26-12-6-3-7-13-26,27-14-8-4-9-15-27)28-16-10-5-11-17-28/h2-17,21,23,31,36H,1,18-20,22H2,(H2,40,41)(H,42,46)(H,49,50)/b24-21+,43-30-/t31-,36-/m1/s1. The fourth-order valence-electron chi connectivity index (χ4n) is 6.70. The highest BCUT2D eigenvalue weighted by atomic mass is 32.2. The molecule has 4 N–H and O–H groups in total. The predicted molar refractivity (Wildman–Crippen MR) is 203 cm³/mol. The zero-order valence-corrected chi connectivity index (χ0v) is 29.9. The van der Waals surface area contributed by atoms with E-state index in [-0.39, 0.29) is 33.9 Å². The van der Waals surface area contributed by atoms with Gasteiger partial charge in [-0.1, -0.05) is 102 Å². The maximum atomic E-state index is 14.2. The molecule has 268 valence electrons. The third kappa shape index (κ3) is 6.62. The summed E-state index contributed by atoms with van der Waals surface area (Å²) in [5.74, 6) is -2.66. The zero-order chi connectivity index (χ0) is 37.1. The van der Waals surface area contributed by atoms with Gasteiger partial charge in [-0.2, -0.15) is 0 Å². The number of hydrogen-bond acceptors (Lipinski definition) is 10. The van der Waals surface area contributed by atoms with Crippen LogP contribution in [0.1, 0.15) is 28.8 Å². The number of nitrogens with two attached hydrogens (primary N) is 1. The average Bonchev–Trinajstić information content (AvgIpc) is 3.77. The first kappa shape index (κ1) is 35.4. The highest BCUT2D eigenvalue weighted by molar-refractivity contribution is 8.00. The normalized spacial score (nSPS) is 19.5. The number of likely N-dealkylation sites (tertiary alicyclic amines) is 1. The van der Waals surface area contributed by atoms with E-state index in [1.807, 2.05) is 91.0 Å². The molecule has 0 unspecified atom stereocenters. The minimum atomic E-state index is -1.31. The third-order valence-corrected chi connectivity index (χ3v) is 11.2. The van der Waals surface area contributed by atoms with Gasteiger partial charge < -0.3 is 25.9 Å². The Morgan fingerprint density at radius 1 is 1.02 bits per heavy atom. The number of oxime groups is 1. The maximum absolute atomic E-state index is 14.2. The molecule has 0 radical (unpaired) electrons. The zero-order valence-electron chi connectivity index (χ0n) is 28.3. The van der Waals surface area contributed by atoms with Gasteiger partial charge in [-0.05, 0) is 18.1 Å². The van der Waals surface area contributed by atoms with Gasteiger partial charge in [-0.15, -0.1) is 29.7 Å². The van der Waals surface area contributed by atoms with Gasteiger partial charge >= 0.3 is 5.97 Å². The number of anilines is 1. The second kappa shape index (κ2) is 14.9. The van der Waals surface area contributed by atoms with Crippen LogP contribution in [0.3, 0.4) is 0 Å². The van der Waals surface area contributed by atoms with E-state index in [4.69, 9.17) is 10.6 Å². The van der Waals surface area contributed by atoms with Crippen LogP contribution in [0.2, 0.25) is 0 Å². The second-order valence-electron chi connectivity index (χ2n) is 12.4. The number of nitrogens with one attached hydrogen (secondary N) is 1. The number of β-lactam (4-membered cyclic amide) rings is 1. The largest absolute Gasteiger partial charge is 0.477 e. The van der Waals surface area contributed by atoms with Gasteiger partial charge in [0.05, 0.1) is 0 Å². The van der Waals surface area contributed by atoms with Crippen molar-refractivity contribution in [2.75, 3.05) is 24.6 Å². The van der Waals surface area contributed by atoms with Gasteiger partial charge in [-0.3, -0.25) is 19.3 Å². The molecule has 0 aliphatic carbocycles. The Morgan fingerprint density at radius 3 is 2.15 bits per heavy atom. The molecule has 4 heterocycles. The number of amides is 3. The van der Waals surface area contributed by atoms with Gasteiger partial charge in [0, 0.05) is 46.5 Å². The molecule has 0 spiro atoms. The van der Waals surface area contributed by atoms with Gasteiger partial charge in [0.2, 0.25) is 11.5 Å². The Hall–Kier alpha value is -5.99. The quantitative estimate of drug-likeness (QED) is 0.0472. The molecule has 2 fully saturated rings. The number of fused-ring (bicyclic) bond motifs is 1. The lowest BCUT2D eigenvalue weighted by Gasteiger charge is -2.49. The molecule has 4 aromatic rings. The van der Waals surface area contributed by atoms with Crippen molar-refractivity contribution in [3.05, 3.63) is 154 Å². The van der Waals surface area contributed by atoms with Crippen molar-refractivity contribution < 1.29 is 29.1 Å². The van der Waals surface area contributed by atoms with E-state index < -0.39 is 34.8 Å². The summed E-state index contributed by atoms with van der Waals surface area (Å²) in [5.41, 5.74) is 7.44. The van der Waals surface area contributed by atoms with Crippen molar-refractivity contribution in [1.29, 1.82) is 0 Å². The van der Waals surface area contributed by atoms with Gasteiger partial charge in [0.15, 0.2) is 10.8 Å². The molecule has 2 saturated heterocycles. The molecule has 53 heavy (non-hydrogen) atoms. The summed E-state index contributed by atoms with van der Waals surface area (Å²) in [4.78, 5) is 66.9. The molecule has 3 aliphatic heterocycles. The van der Waals surface area contributed by atoms with Gasteiger partial charge in [0.1, 0.15) is 22.8 Å². The van der Waals surface area contributed by atoms with Crippen molar-refractivity contribution >= 4 is 57.6 Å². The van der Waals surface area contributed by atoms with Gasteiger partial charge in [0.25, 0.3) is 11.8 Å². The summed E-state index contributed by atoms with van der Waals surface area (Å²) < 4.78 is 0. The van der Waals surface area contributed by atoms with Crippen LogP contribution in [0.5, 0.6) is 0 Å². The minimum absolute atomic E-state index is 0.139. The smallest absolute Gasteiger partial charge is 0.352 e. The molecular weight excluding hydrogens is 713 g/mol. The first-order valence-electron chi connectivity index (χ1n) is 16.7. The van der Waals surface area contributed by atoms with Gasteiger partial charge in [-0.25, -0.2) is 9.78 Å². The number of carboxylic acids is 1. The van der Waals surface area contributed by atoms with E-state index in [1.165, 1.54) is 11.8 Å². The summed E-state index contributed by atoms with van der Waals surface area (Å²) in [5, 5.41) is 18.5. The van der Waals surface area contributed by atoms with Crippen LogP contribution in [0, 0.1) is 0 Å². The van der Waals surface area contributed by atoms with Crippen LogP contribution < -0.4 is 11.1 Å². The topological polar surface area (TPSA) is 168 Å². The highest BCUT2D eigenvalue weighted by Crippen LogP contribution is 2.43. The van der Waals surface area contributed by atoms with Crippen LogP contribution in [0.15, 0.2) is 137 Å². The van der Waals surface area contributed by atoms with Crippen molar-refractivity contribution in [3.8, 4) is 0 Å². The Kier molecular flexibility index (Phi) is 9.98. The minimum Gasteiger partial charge on any atom is -0.477 e. The van der Waals surface area contributed by atoms with Crippen LogP contribution in [-0.4, -0.2) is 79.6 Å². The van der Waals surface area contributed by atoms with Crippen molar-refractivity contribution in [3.63, 3.8) is 0 Å². The molecule has 12 nitrogen and oxygen atoms in total. The number of hydrogen-bond donors (Lipinski definition) is 3. The number of thiazole rings is 1. The Morgan fingerprint density at radius 2 is 1.62 bits per heavy atom. The van der Waals surface area contributed by atoms with Crippen LogP contribution >= 0.6 is 23.1 Å². The number of aromatic nitrogens is 1. The lowest BCUT2D eigenvalue weighted by molar-refractivity contribution is -0.150. The highest BCUT2D eigenvalue weighted by Gasteiger charge is 2.54. The molecule has 1 aromatic heterocycles. The van der Waals surface area contributed by atoms with E-state index in [0.29, 0.717) is 30.7 Å². The molecule has 0 saturated carbocycles. The number of nitrogen functional groups attached to an aromatic ring is 1. The van der Waals surface area contributed by atoms with Crippen molar-refractivity contribution in [2.45, 2.75) is 23.4 Å². The Balaban J connectivity index is 1.21. The molecule has 3 aliphatic rings. The first-order chi connectivity index (χ1) is 25.7. The molecule has 3 amide bonds. The van der Waals surface area contributed by atoms with Crippen molar-refractivity contribution in [2.24, 2.45) is 5.16 Å². The molecule has 14 heteroatoms. The molecular formula is C39H34N6O6S2. The van der Waals surface area contributed by atoms with E-state index in [2.05, 4.69) is 22.0 Å². The maximum Gasteiger partial charge on any atom is 0.352 e. The number of rotatable bonds is 12. The number of nitrogens with zero attached hydrogens (tertiary/aromatic N) is 4. The van der Waals surface area contributed by atoms with E-state index in [0.717, 1.165) is 32.9 Å². The molecule has 2 atom stereocenters. The number of benzene rings is 3. The molecule has 0 bridgehead atoms. The lowest BCUT2D eigenvalue weighted by Crippen LogP contribution is -2.71. The Bertz CT molecular complexity index is 2070. The lowest BCUT2D eigenvalue weighted by atomic mass is 9.80. The fraction of sp³-hybridized carbons (Fsp3) is 0.179. The SMILES string of the molecule is C=CCN1CC/C(=C\C2=C(C(=O)O)N3C(=O)[C@@H](NC(=O)/C(=N\OC(c4ccccc4)(c4ccccc4)c4ccccc4)c4csc(N)n4)[C@H]3SC2)C1=O. The second-order valence-corrected chi connectivity index (χ2v) is 14.4. The number of carboxylic acid groups (broad SMARTS) is 1. The average molecular weight is 747 g/mol. The Labute approximate surface area is 313 Å². The molecule has 3 aromatic carbocycles. The van der Waals surface area contributed by atoms with E-state index in [9.17, 15) is 24.3 Å². The number of carbonyl (C=O) groups is 4. The van der Waals surface area contributed by atoms with E-state index >= 15 is 0 Å². The summed E-state index contributed by atoms with van der Waals surface area (Å²) in [6.45, 7) is 4.57. The van der Waals surface area contributed by atoms with Crippen LogP contribution in [0.25, 0.3) is 0 Å². The number of thioether (sulfide) groups is 1. The summed E-state index contributed by atoms with van der Waals surface area (Å²) in [6, 6.07) is 27.4. The van der Waals surface area contributed by atoms with Crippen LogP contribution in [-0.2, 0) is 29.6 Å². The number of aliphatic carboxylic acids is 1. The number of allylic oxidation sites excluding steroid dienone is 1. The van der Waals surface area contributed by atoms with E-state index in [1.54, 1.807) is 22.4 Å².